The van der Waals surface area contributed by atoms with Crippen LogP contribution in [0.25, 0.3) is 0 Å². The van der Waals surface area contributed by atoms with Gasteiger partial charge >= 0.3 is 0 Å². The summed E-state index contributed by atoms with van der Waals surface area (Å²) in [6.45, 7) is 4.04. The van der Waals surface area contributed by atoms with Crippen LogP contribution in [-0.4, -0.2) is 24.6 Å². The molecule has 0 heterocycles. The fraction of sp³-hybridized carbons (Fsp3) is 0.211. The standard InChI is InChI=1S/C19H20BrN3O3/c1-3-26-15-10-8-14(9-11-15)12-21-23-19(25)13(2)18(24)22-17-7-5-4-6-16(17)20/h4-13H,3H2,1-2H3,(H,22,24)(H,23,25). The van der Waals surface area contributed by atoms with Gasteiger partial charge in [-0.05, 0) is 71.7 Å². The molecule has 0 fully saturated rings. The summed E-state index contributed by atoms with van der Waals surface area (Å²) in [5.74, 6) is -1.02. The van der Waals surface area contributed by atoms with Crippen molar-refractivity contribution in [2.24, 2.45) is 11.0 Å². The van der Waals surface area contributed by atoms with Gasteiger partial charge in [0.1, 0.15) is 11.7 Å². The Morgan fingerprint density at radius 1 is 1.15 bits per heavy atom. The Kier molecular flexibility index (Phi) is 7.35. The lowest BCUT2D eigenvalue weighted by molar-refractivity contribution is -0.131. The van der Waals surface area contributed by atoms with Gasteiger partial charge in [-0.2, -0.15) is 5.10 Å². The molecule has 0 saturated carbocycles. The fourth-order valence-electron chi connectivity index (χ4n) is 2.01. The highest BCUT2D eigenvalue weighted by molar-refractivity contribution is 9.10. The highest BCUT2D eigenvalue weighted by atomic mass is 79.9. The molecule has 0 bridgehead atoms. The zero-order chi connectivity index (χ0) is 18.9. The molecule has 2 aromatic carbocycles. The number of amides is 2. The Balaban J connectivity index is 1.88. The fourth-order valence-corrected chi connectivity index (χ4v) is 2.39. The summed E-state index contributed by atoms with van der Waals surface area (Å²) in [4.78, 5) is 24.3. The van der Waals surface area contributed by atoms with Gasteiger partial charge in [0.05, 0.1) is 18.5 Å². The van der Waals surface area contributed by atoms with Gasteiger partial charge in [0.15, 0.2) is 0 Å². The minimum atomic E-state index is -0.889. The lowest BCUT2D eigenvalue weighted by Crippen LogP contribution is -2.34. The normalized spacial score (nSPS) is 11.8. The Hall–Kier alpha value is -2.67. The van der Waals surface area contributed by atoms with E-state index in [2.05, 4.69) is 31.8 Å². The summed E-state index contributed by atoms with van der Waals surface area (Å²) < 4.78 is 6.10. The minimum Gasteiger partial charge on any atom is -0.494 e. The molecule has 26 heavy (non-hydrogen) atoms. The average molecular weight is 418 g/mol. The predicted octanol–water partition coefficient (Wildman–Crippen LogP) is 3.57. The van der Waals surface area contributed by atoms with Crippen molar-refractivity contribution < 1.29 is 14.3 Å². The molecule has 0 aromatic heterocycles. The van der Waals surface area contributed by atoms with Gasteiger partial charge in [-0.1, -0.05) is 12.1 Å². The molecule has 2 rings (SSSR count). The summed E-state index contributed by atoms with van der Waals surface area (Å²) in [6.07, 6.45) is 1.51. The molecule has 136 valence electrons. The van der Waals surface area contributed by atoms with E-state index in [1.807, 2.05) is 43.3 Å². The van der Waals surface area contributed by atoms with Crippen LogP contribution in [0.3, 0.4) is 0 Å². The zero-order valence-electron chi connectivity index (χ0n) is 14.5. The Morgan fingerprint density at radius 3 is 2.50 bits per heavy atom. The van der Waals surface area contributed by atoms with E-state index >= 15 is 0 Å². The first kappa shape index (κ1) is 19.7. The molecule has 0 radical (unpaired) electrons. The van der Waals surface area contributed by atoms with Crippen molar-refractivity contribution in [3.8, 4) is 5.75 Å². The third-order valence-corrected chi connectivity index (χ3v) is 4.19. The van der Waals surface area contributed by atoms with Crippen LogP contribution in [0.1, 0.15) is 19.4 Å². The number of carbonyl (C=O) groups is 2. The summed E-state index contributed by atoms with van der Waals surface area (Å²) in [6, 6.07) is 14.5. The molecule has 1 atom stereocenters. The van der Waals surface area contributed by atoms with Gasteiger partial charge < -0.3 is 10.1 Å². The second-order valence-electron chi connectivity index (χ2n) is 5.43. The zero-order valence-corrected chi connectivity index (χ0v) is 16.1. The van der Waals surface area contributed by atoms with Crippen LogP contribution in [-0.2, 0) is 9.59 Å². The third-order valence-electron chi connectivity index (χ3n) is 3.50. The minimum absolute atomic E-state index is 0.411. The number of nitrogens with one attached hydrogen (secondary N) is 2. The molecule has 6 nitrogen and oxygen atoms in total. The average Bonchev–Trinajstić information content (AvgIpc) is 2.64. The van der Waals surface area contributed by atoms with E-state index in [-0.39, 0.29) is 0 Å². The van der Waals surface area contributed by atoms with Crippen molar-refractivity contribution in [2.75, 3.05) is 11.9 Å². The van der Waals surface area contributed by atoms with E-state index in [4.69, 9.17) is 4.74 Å². The maximum absolute atomic E-state index is 12.2. The first-order chi connectivity index (χ1) is 12.5. The highest BCUT2D eigenvalue weighted by Gasteiger charge is 2.21. The Bertz CT molecular complexity index is 791. The van der Waals surface area contributed by atoms with E-state index in [9.17, 15) is 9.59 Å². The maximum Gasteiger partial charge on any atom is 0.252 e. The van der Waals surface area contributed by atoms with Crippen LogP contribution in [0.4, 0.5) is 5.69 Å². The van der Waals surface area contributed by atoms with Gasteiger partial charge in [0.25, 0.3) is 5.91 Å². The number of ether oxygens (including phenoxy) is 1. The van der Waals surface area contributed by atoms with Crippen molar-refractivity contribution in [1.29, 1.82) is 0 Å². The lowest BCUT2D eigenvalue weighted by atomic mass is 10.1. The SMILES string of the molecule is CCOc1ccc(C=NNC(=O)C(C)C(=O)Nc2ccccc2Br)cc1. The summed E-state index contributed by atoms with van der Waals surface area (Å²) in [5.41, 5.74) is 3.79. The van der Waals surface area contributed by atoms with E-state index in [0.717, 1.165) is 15.8 Å². The highest BCUT2D eigenvalue weighted by Crippen LogP contribution is 2.21. The number of hydrogen-bond donors (Lipinski definition) is 2. The number of halogens is 1. The molecule has 0 aliphatic heterocycles. The lowest BCUT2D eigenvalue weighted by Gasteiger charge is -2.11. The van der Waals surface area contributed by atoms with E-state index in [0.29, 0.717) is 12.3 Å². The monoisotopic (exact) mass is 417 g/mol. The van der Waals surface area contributed by atoms with Crippen LogP contribution in [0.5, 0.6) is 5.75 Å². The van der Waals surface area contributed by atoms with E-state index in [1.165, 1.54) is 13.1 Å². The second-order valence-corrected chi connectivity index (χ2v) is 6.28. The van der Waals surface area contributed by atoms with Gasteiger partial charge in [-0.15, -0.1) is 0 Å². The van der Waals surface area contributed by atoms with Crippen molar-refractivity contribution >= 4 is 39.6 Å². The Labute approximate surface area is 160 Å². The number of carbonyl (C=O) groups excluding carboxylic acids is 2. The van der Waals surface area contributed by atoms with Crippen molar-refractivity contribution in [3.63, 3.8) is 0 Å². The summed E-state index contributed by atoms with van der Waals surface area (Å²) in [5, 5.41) is 6.60. The van der Waals surface area contributed by atoms with Crippen LogP contribution < -0.4 is 15.5 Å². The topological polar surface area (TPSA) is 79.8 Å². The van der Waals surface area contributed by atoms with E-state index in [1.54, 1.807) is 12.1 Å². The number of rotatable bonds is 7. The number of hydrazone groups is 1. The number of hydrogen-bond acceptors (Lipinski definition) is 4. The molecule has 2 amide bonds. The number of benzene rings is 2. The maximum atomic E-state index is 12.2. The quantitative estimate of drug-likeness (QED) is 0.410. The second kappa shape index (κ2) is 9.72. The van der Waals surface area contributed by atoms with Gasteiger partial charge in [0, 0.05) is 4.47 Å². The Morgan fingerprint density at radius 2 is 1.85 bits per heavy atom. The molecule has 7 heteroatoms. The van der Waals surface area contributed by atoms with E-state index < -0.39 is 17.7 Å². The summed E-state index contributed by atoms with van der Waals surface area (Å²) in [7, 11) is 0. The van der Waals surface area contributed by atoms with Gasteiger partial charge in [0.2, 0.25) is 5.91 Å². The van der Waals surface area contributed by atoms with Gasteiger partial charge in [-0.3, -0.25) is 9.59 Å². The number of anilines is 1. The largest absolute Gasteiger partial charge is 0.494 e. The van der Waals surface area contributed by atoms with Crippen LogP contribution in [0.15, 0.2) is 58.1 Å². The van der Waals surface area contributed by atoms with Crippen LogP contribution >= 0.6 is 15.9 Å². The number of para-hydroxylation sites is 1. The molecular formula is C19H20BrN3O3. The molecule has 2 aromatic rings. The van der Waals surface area contributed by atoms with Crippen LogP contribution in [0.2, 0.25) is 0 Å². The molecule has 0 aliphatic rings. The molecule has 0 spiro atoms. The summed E-state index contributed by atoms with van der Waals surface area (Å²) >= 11 is 3.35. The smallest absolute Gasteiger partial charge is 0.252 e. The first-order valence-electron chi connectivity index (χ1n) is 8.12. The van der Waals surface area contributed by atoms with Crippen LogP contribution in [0, 0.1) is 5.92 Å². The molecule has 0 aliphatic carbocycles. The number of nitrogens with zero attached hydrogens (tertiary/aromatic N) is 1. The molecule has 0 saturated heterocycles. The molecule has 1 unspecified atom stereocenters. The predicted molar refractivity (Wildman–Crippen MR) is 105 cm³/mol. The van der Waals surface area contributed by atoms with Crippen molar-refractivity contribution in [3.05, 3.63) is 58.6 Å². The van der Waals surface area contributed by atoms with Gasteiger partial charge in [-0.25, -0.2) is 5.43 Å². The van der Waals surface area contributed by atoms with Crippen molar-refractivity contribution in [1.82, 2.24) is 5.43 Å². The molecule has 2 N–H and O–H groups in total. The first-order valence-corrected chi connectivity index (χ1v) is 8.91. The third kappa shape index (κ3) is 5.70. The molecular weight excluding hydrogens is 398 g/mol. The van der Waals surface area contributed by atoms with Crippen molar-refractivity contribution in [2.45, 2.75) is 13.8 Å².